The molecular formula is C29H21N5O9S2. The van der Waals surface area contributed by atoms with Crippen LogP contribution in [0.25, 0.3) is 16.9 Å². The average molecular weight is 648 g/mol. The van der Waals surface area contributed by atoms with Crippen LogP contribution in [0.2, 0.25) is 0 Å². The second kappa shape index (κ2) is 11.8. The Labute approximate surface area is 256 Å². The maximum atomic E-state index is 13.0. The molecule has 3 aromatic carbocycles. The second-order valence-electron chi connectivity index (χ2n) is 9.35. The van der Waals surface area contributed by atoms with Gasteiger partial charge in [-0.3, -0.25) is 14.4 Å². The van der Waals surface area contributed by atoms with Crippen molar-refractivity contribution in [3.63, 3.8) is 0 Å². The summed E-state index contributed by atoms with van der Waals surface area (Å²) in [5, 5.41) is 13.7. The van der Waals surface area contributed by atoms with Crippen LogP contribution < -0.4 is 10.2 Å². The number of nitriles is 1. The Bertz CT molecular complexity index is 2190. The van der Waals surface area contributed by atoms with E-state index in [2.05, 4.69) is 5.10 Å². The minimum atomic E-state index is -4.57. The topological polar surface area (TPSA) is 203 Å². The molecule has 0 bridgehead atoms. The summed E-state index contributed by atoms with van der Waals surface area (Å²) in [6, 6.07) is 19.9. The summed E-state index contributed by atoms with van der Waals surface area (Å²) in [5.74, 6) is -3.24. The Morgan fingerprint density at radius 2 is 1.62 bits per heavy atom. The molecule has 45 heavy (non-hydrogen) atoms. The predicted molar refractivity (Wildman–Crippen MR) is 156 cm³/mol. The highest BCUT2D eigenvalue weighted by Crippen LogP contribution is 2.30. The maximum Gasteiger partial charge on any atom is 0.344 e. The molecule has 0 unspecified atom stereocenters. The Kier molecular flexibility index (Phi) is 8.06. The molecule has 14 nitrogen and oxygen atoms in total. The molecule has 1 aliphatic rings. The third-order valence-electron chi connectivity index (χ3n) is 6.56. The van der Waals surface area contributed by atoms with Crippen LogP contribution in [0.15, 0.2) is 93.4 Å². The van der Waals surface area contributed by atoms with E-state index in [4.69, 9.17) is 4.74 Å². The molecule has 2 amide bonds. The molecule has 0 atom stereocenters. The fourth-order valence-corrected chi connectivity index (χ4v) is 7.07. The highest BCUT2D eigenvalue weighted by molar-refractivity contribution is 7.90. The Hall–Kier alpha value is -5.66. The van der Waals surface area contributed by atoms with E-state index >= 15 is 0 Å². The van der Waals surface area contributed by atoms with Gasteiger partial charge in [0.05, 0.1) is 28.4 Å². The number of hydrogen-bond acceptors (Lipinski definition) is 11. The van der Waals surface area contributed by atoms with E-state index in [0.717, 1.165) is 16.8 Å². The van der Waals surface area contributed by atoms with Crippen LogP contribution in [0.3, 0.4) is 0 Å². The molecule has 16 heteroatoms. The number of nitrogens with one attached hydrogen (secondary N) is 1. The second-order valence-corrected chi connectivity index (χ2v) is 12.9. The average Bonchev–Trinajstić information content (AvgIpc) is 3.21. The lowest BCUT2D eigenvalue weighted by Gasteiger charge is -2.17. The van der Waals surface area contributed by atoms with Gasteiger partial charge in [0, 0.05) is 5.56 Å². The molecular weight excluding hydrogens is 626 g/mol. The van der Waals surface area contributed by atoms with E-state index in [0.29, 0.717) is 5.56 Å². The summed E-state index contributed by atoms with van der Waals surface area (Å²) in [7, 11) is -8.93. The molecule has 1 N–H and O–H groups in total. The van der Waals surface area contributed by atoms with Crippen LogP contribution in [0.4, 0.5) is 0 Å². The molecule has 4 aromatic rings. The SMILES string of the molecule is CCOC(=O)c1c(-c2ccccc2)n(-c2ccc(S(=O)(=O)NC(=O)CN3C(=O)c4ccccc4S3(=O)=O)cc2)nc(C#N)c1=O. The highest BCUT2D eigenvalue weighted by atomic mass is 32.2. The van der Waals surface area contributed by atoms with Crippen molar-refractivity contribution in [3.8, 4) is 23.0 Å². The number of rotatable bonds is 8. The number of nitrogens with zero attached hydrogens (tertiary/aromatic N) is 4. The Morgan fingerprint density at radius 1 is 0.978 bits per heavy atom. The molecule has 2 heterocycles. The van der Waals surface area contributed by atoms with Crippen LogP contribution in [-0.4, -0.2) is 61.9 Å². The standard InChI is InChI=1S/C29H21N5O9S2/c1-2-43-29(38)25-26(18-8-4-3-5-9-18)34(31-22(16-30)27(25)36)19-12-14-20(15-13-19)44(39,40)32-24(35)17-33-28(37)21-10-6-7-11-23(21)45(33,41)42/h3-15H,2,17H2,1H3,(H,32,35). The molecule has 1 aliphatic heterocycles. The zero-order valence-electron chi connectivity index (χ0n) is 23.2. The van der Waals surface area contributed by atoms with E-state index in [-0.39, 0.29) is 32.8 Å². The number of carbonyl (C=O) groups excluding carboxylic acids is 3. The lowest BCUT2D eigenvalue weighted by Crippen LogP contribution is -2.42. The molecule has 5 rings (SSSR count). The molecule has 0 fully saturated rings. The zero-order chi connectivity index (χ0) is 32.5. The fraction of sp³-hybridized carbons (Fsp3) is 0.103. The van der Waals surface area contributed by atoms with Gasteiger partial charge >= 0.3 is 5.97 Å². The van der Waals surface area contributed by atoms with E-state index in [1.165, 1.54) is 36.4 Å². The van der Waals surface area contributed by atoms with Crippen molar-refractivity contribution in [1.82, 2.24) is 18.8 Å². The van der Waals surface area contributed by atoms with Crippen molar-refractivity contribution in [1.29, 1.82) is 5.26 Å². The number of ether oxygens (including phenoxy) is 1. The van der Waals surface area contributed by atoms with E-state index in [1.807, 2.05) is 0 Å². The summed E-state index contributed by atoms with van der Waals surface area (Å²) in [6.45, 7) is 0.409. The van der Waals surface area contributed by atoms with Crippen molar-refractivity contribution in [2.45, 2.75) is 16.7 Å². The van der Waals surface area contributed by atoms with Gasteiger partial charge in [0.2, 0.25) is 11.1 Å². The van der Waals surface area contributed by atoms with E-state index < -0.39 is 66.0 Å². The number of benzene rings is 3. The number of aromatic nitrogens is 2. The van der Waals surface area contributed by atoms with Gasteiger partial charge in [-0.15, -0.1) is 0 Å². The molecule has 0 spiro atoms. The van der Waals surface area contributed by atoms with Gasteiger partial charge in [-0.2, -0.15) is 10.4 Å². The predicted octanol–water partition coefficient (Wildman–Crippen LogP) is 1.60. The van der Waals surface area contributed by atoms with Crippen LogP contribution in [0, 0.1) is 11.3 Å². The summed E-state index contributed by atoms with van der Waals surface area (Å²) in [6.07, 6.45) is 0. The van der Waals surface area contributed by atoms with Gasteiger partial charge in [-0.1, -0.05) is 42.5 Å². The van der Waals surface area contributed by atoms with Crippen LogP contribution in [0.5, 0.6) is 0 Å². The van der Waals surface area contributed by atoms with Gasteiger partial charge in [-0.05, 0) is 43.3 Å². The number of carbonyl (C=O) groups is 3. The normalized spacial score (nSPS) is 13.5. The highest BCUT2D eigenvalue weighted by Gasteiger charge is 2.42. The third kappa shape index (κ3) is 5.57. The fourth-order valence-electron chi connectivity index (χ4n) is 4.57. The van der Waals surface area contributed by atoms with Crippen molar-refractivity contribution >= 4 is 37.8 Å². The van der Waals surface area contributed by atoms with Crippen molar-refractivity contribution in [3.05, 3.63) is 106 Å². The molecule has 0 saturated heterocycles. The first kappa shape index (κ1) is 30.8. The number of amides is 2. The first-order valence-corrected chi connectivity index (χ1v) is 15.9. The summed E-state index contributed by atoms with van der Waals surface area (Å²) >= 11 is 0. The van der Waals surface area contributed by atoms with Crippen molar-refractivity contribution in [2.75, 3.05) is 13.2 Å². The summed E-state index contributed by atoms with van der Waals surface area (Å²) < 4.78 is 59.8. The monoisotopic (exact) mass is 647 g/mol. The molecule has 0 aliphatic carbocycles. The lowest BCUT2D eigenvalue weighted by atomic mass is 10.0. The number of hydrogen-bond donors (Lipinski definition) is 1. The van der Waals surface area contributed by atoms with Crippen LogP contribution >= 0.6 is 0 Å². The first-order valence-electron chi connectivity index (χ1n) is 13.0. The smallest absolute Gasteiger partial charge is 0.344 e. The Balaban J connectivity index is 1.48. The number of fused-ring (bicyclic) bond motifs is 1. The van der Waals surface area contributed by atoms with Crippen molar-refractivity contribution in [2.24, 2.45) is 0 Å². The molecule has 0 radical (unpaired) electrons. The van der Waals surface area contributed by atoms with Crippen LogP contribution in [-0.2, 0) is 29.6 Å². The van der Waals surface area contributed by atoms with Crippen molar-refractivity contribution < 1.29 is 36.0 Å². The maximum absolute atomic E-state index is 13.0. The minimum absolute atomic E-state index is 0.0144. The zero-order valence-corrected chi connectivity index (χ0v) is 24.8. The van der Waals surface area contributed by atoms with Gasteiger partial charge in [-0.25, -0.2) is 35.3 Å². The molecule has 228 valence electrons. The first-order chi connectivity index (χ1) is 21.4. The largest absolute Gasteiger partial charge is 0.462 e. The third-order valence-corrected chi connectivity index (χ3v) is 9.74. The summed E-state index contributed by atoms with van der Waals surface area (Å²) in [4.78, 5) is 50.5. The van der Waals surface area contributed by atoms with Gasteiger partial charge in [0.15, 0.2) is 0 Å². The van der Waals surface area contributed by atoms with E-state index in [9.17, 15) is 41.3 Å². The minimum Gasteiger partial charge on any atom is -0.462 e. The van der Waals surface area contributed by atoms with Gasteiger partial charge in [0.1, 0.15) is 23.1 Å². The Morgan fingerprint density at radius 3 is 2.24 bits per heavy atom. The molecule has 1 aromatic heterocycles. The lowest BCUT2D eigenvalue weighted by molar-refractivity contribution is -0.119. The molecule has 0 saturated carbocycles. The van der Waals surface area contributed by atoms with Crippen LogP contribution in [0.1, 0.15) is 33.3 Å². The number of esters is 1. The van der Waals surface area contributed by atoms with Gasteiger partial charge < -0.3 is 4.74 Å². The van der Waals surface area contributed by atoms with Gasteiger partial charge in [0.25, 0.3) is 31.9 Å². The van der Waals surface area contributed by atoms with E-state index in [1.54, 1.807) is 48.0 Å². The number of sulfonamides is 2. The summed E-state index contributed by atoms with van der Waals surface area (Å²) in [5.41, 5.74) is -1.67. The quantitative estimate of drug-likeness (QED) is 0.272.